The van der Waals surface area contributed by atoms with Gasteiger partial charge >= 0.3 is 12.1 Å². The maximum absolute atomic E-state index is 11.9. The molecule has 0 spiro atoms. The second-order valence-corrected chi connectivity index (χ2v) is 5.99. The van der Waals surface area contributed by atoms with Crippen LogP contribution >= 0.6 is 0 Å². The lowest BCUT2D eigenvalue weighted by molar-refractivity contribution is -0.137. The number of piperidine rings is 1. The number of nitrogens with one attached hydrogen (secondary N) is 2. The van der Waals surface area contributed by atoms with Crippen molar-refractivity contribution in [3.63, 3.8) is 0 Å². The van der Waals surface area contributed by atoms with Gasteiger partial charge in [-0.1, -0.05) is 0 Å². The molecule has 0 aromatic carbocycles. The van der Waals surface area contributed by atoms with Gasteiger partial charge in [0.15, 0.2) is 0 Å². The largest absolute Gasteiger partial charge is 0.481 e. The molecule has 1 heterocycles. The van der Waals surface area contributed by atoms with Gasteiger partial charge in [-0.25, -0.2) is 4.79 Å². The van der Waals surface area contributed by atoms with Gasteiger partial charge in [-0.05, 0) is 53.0 Å². The van der Waals surface area contributed by atoms with Gasteiger partial charge in [0.2, 0.25) is 0 Å². The summed E-state index contributed by atoms with van der Waals surface area (Å²) in [7, 11) is 0. The molecule has 6 nitrogen and oxygen atoms in total. The molecule has 1 atom stereocenters. The maximum atomic E-state index is 11.9. The first-order chi connectivity index (χ1) is 8.72. The molecule has 19 heavy (non-hydrogen) atoms. The molecule has 1 fully saturated rings. The van der Waals surface area contributed by atoms with Crippen LogP contribution in [0.25, 0.3) is 0 Å². The normalized spacial score (nSPS) is 23.7. The molecule has 0 aromatic heterocycles. The molecule has 0 saturated carbocycles. The summed E-state index contributed by atoms with van der Waals surface area (Å²) in [6.07, 6.45) is 2.59. The molecule has 3 N–H and O–H groups in total. The molecule has 1 rings (SSSR count). The Morgan fingerprint density at radius 3 is 2.53 bits per heavy atom. The van der Waals surface area contributed by atoms with Crippen molar-refractivity contribution in [1.82, 2.24) is 10.6 Å². The van der Waals surface area contributed by atoms with Gasteiger partial charge in [-0.2, -0.15) is 0 Å². The van der Waals surface area contributed by atoms with Gasteiger partial charge in [-0.15, -0.1) is 0 Å². The van der Waals surface area contributed by atoms with E-state index in [4.69, 9.17) is 9.84 Å². The van der Waals surface area contributed by atoms with Crippen molar-refractivity contribution in [2.24, 2.45) is 0 Å². The van der Waals surface area contributed by atoms with Crippen molar-refractivity contribution in [1.29, 1.82) is 0 Å². The Labute approximate surface area is 113 Å². The number of aliphatic carboxylic acids is 1. The van der Waals surface area contributed by atoms with E-state index in [1.165, 1.54) is 0 Å². The molecular weight excluding hydrogens is 248 g/mol. The van der Waals surface area contributed by atoms with E-state index in [2.05, 4.69) is 10.6 Å². The predicted octanol–water partition coefficient (Wildman–Crippen LogP) is 1.85. The van der Waals surface area contributed by atoms with Crippen LogP contribution in [0.3, 0.4) is 0 Å². The standard InChI is InChI=1S/C13H24N2O4/c1-12(2,3)19-11(18)15-13(8-6-10(16)17)7-4-5-9-14-13/h14H,4-9H2,1-3H3,(H,15,18)(H,16,17)/t13-/m0/s1. The monoisotopic (exact) mass is 272 g/mol. The molecule has 110 valence electrons. The molecule has 1 aliphatic heterocycles. The number of alkyl carbamates (subject to hydrolysis) is 1. The molecule has 0 bridgehead atoms. The number of carbonyl (C=O) groups is 2. The lowest BCUT2D eigenvalue weighted by Crippen LogP contribution is -2.61. The lowest BCUT2D eigenvalue weighted by atomic mass is 9.93. The molecule has 0 unspecified atom stereocenters. The van der Waals surface area contributed by atoms with Crippen LogP contribution in [0.5, 0.6) is 0 Å². The minimum atomic E-state index is -0.863. The van der Waals surface area contributed by atoms with E-state index in [0.29, 0.717) is 6.42 Å². The molecule has 1 aliphatic rings. The van der Waals surface area contributed by atoms with Crippen LogP contribution in [0.15, 0.2) is 0 Å². The average Bonchev–Trinajstić information content (AvgIpc) is 2.25. The fourth-order valence-electron chi connectivity index (χ4n) is 2.17. The van der Waals surface area contributed by atoms with Gasteiger partial charge in [0.25, 0.3) is 0 Å². The van der Waals surface area contributed by atoms with Gasteiger partial charge in [0.05, 0.1) is 5.66 Å². The lowest BCUT2D eigenvalue weighted by Gasteiger charge is -2.39. The number of carboxylic acids is 1. The van der Waals surface area contributed by atoms with E-state index >= 15 is 0 Å². The van der Waals surface area contributed by atoms with Crippen molar-refractivity contribution in [2.45, 2.75) is 64.1 Å². The van der Waals surface area contributed by atoms with Crippen molar-refractivity contribution < 1.29 is 19.4 Å². The van der Waals surface area contributed by atoms with E-state index in [0.717, 1.165) is 25.8 Å². The summed E-state index contributed by atoms with van der Waals surface area (Å²) in [5.74, 6) is -0.863. The third kappa shape index (κ3) is 5.92. The van der Waals surface area contributed by atoms with E-state index in [1.54, 1.807) is 20.8 Å². The van der Waals surface area contributed by atoms with Crippen molar-refractivity contribution >= 4 is 12.1 Å². The Morgan fingerprint density at radius 2 is 2.05 bits per heavy atom. The summed E-state index contributed by atoms with van der Waals surface area (Å²) in [5, 5.41) is 14.8. The molecule has 1 saturated heterocycles. The number of ether oxygens (including phenoxy) is 1. The highest BCUT2D eigenvalue weighted by Gasteiger charge is 2.35. The summed E-state index contributed by atoms with van der Waals surface area (Å²) in [5.41, 5.74) is -1.22. The number of hydrogen-bond donors (Lipinski definition) is 3. The zero-order valence-electron chi connectivity index (χ0n) is 11.9. The van der Waals surface area contributed by atoms with Crippen LogP contribution in [0.4, 0.5) is 4.79 Å². The maximum Gasteiger partial charge on any atom is 0.409 e. The highest BCUT2D eigenvalue weighted by Crippen LogP contribution is 2.22. The number of rotatable bonds is 4. The van der Waals surface area contributed by atoms with E-state index < -0.39 is 23.3 Å². The van der Waals surface area contributed by atoms with Crippen LogP contribution in [-0.2, 0) is 9.53 Å². The number of amides is 1. The zero-order chi connectivity index (χ0) is 14.5. The van der Waals surface area contributed by atoms with Gasteiger partial charge in [0, 0.05) is 6.42 Å². The SMILES string of the molecule is CC(C)(C)OC(=O)N[C@]1(CCC(=O)O)CCCCN1. The highest BCUT2D eigenvalue weighted by atomic mass is 16.6. The Morgan fingerprint density at radius 1 is 1.37 bits per heavy atom. The van der Waals surface area contributed by atoms with Crippen LogP contribution in [-0.4, -0.2) is 35.0 Å². The first-order valence-electron chi connectivity index (χ1n) is 6.70. The summed E-state index contributed by atoms with van der Waals surface area (Å²) >= 11 is 0. The molecular formula is C13H24N2O4. The van der Waals surface area contributed by atoms with Crippen molar-refractivity contribution in [2.75, 3.05) is 6.54 Å². The Bertz CT molecular complexity index is 330. The predicted molar refractivity (Wildman–Crippen MR) is 70.8 cm³/mol. The molecule has 0 radical (unpaired) electrons. The Hall–Kier alpha value is -1.30. The van der Waals surface area contributed by atoms with Crippen LogP contribution < -0.4 is 10.6 Å². The minimum Gasteiger partial charge on any atom is -0.481 e. The average molecular weight is 272 g/mol. The minimum absolute atomic E-state index is 0.0167. The van der Waals surface area contributed by atoms with Gasteiger partial charge in [-0.3, -0.25) is 10.1 Å². The first-order valence-corrected chi connectivity index (χ1v) is 6.70. The topological polar surface area (TPSA) is 87.7 Å². The molecule has 0 aliphatic carbocycles. The van der Waals surface area contributed by atoms with Crippen LogP contribution in [0, 0.1) is 0 Å². The van der Waals surface area contributed by atoms with E-state index in [-0.39, 0.29) is 6.42 Å². The number of carboxylic acid groups (broad SMARTS) is 1. The van der Waals surface area contributed by atoms with E-state index in [1.807, 2.05) is 0 Å². The van der Waals surface area contributed by atoms with Crippen molar-refractivity contribution in [3.8, 4) is 0 Å². The molecule has 6 heteroatoms. The Kier molecular flexibility index (Phi) is 5.17. The third-order valence-corrected chi connectivity index (χ3v) is 3.00. The number of hydrogen-bond acceptors (Lipinski definition) is 4. The van der Waals surface area contributed by atoms with Crippen molar-refractivity contribution in [3.05, 3.63) is 0 Å². The van der Waals surface area contributed by atoms with E-state index in [9.17, 15) is 9.59 Å². The first kappa shape index (κ1) is 15.8. The van der Waals surface area contributed by atoms with Crippen LogP contribution in [0.1, 0.15) is 52.9 Å². The smallest absolute Gasteiger partial charge is 0.409 e. The Balaban J connectivity index is 2.63. The zero-order valence-corrected chi connectivity index (χ0v) is 11.9. The summed E-state index contributed by atoms with van der Waals surface area (Å²) < 4.78 is 5.23. The molecule has 1 amide bonds. The highest BCUT2D eigenvalue weighted by molar-refractivity contribution is 5.69. The quantitative estimate of drug-likeness (QED) is 0.727. The second kappa shape index (κ2) is 6.23. The van der Waals surface area contributed by atoms with Crippen LogP contribution in [0.2, 0.25) is 0 Å². The summed E-state index contributed by atoms with van der Waals surface area (Å²) in [4.78, 5) is 22.6. The fraction of sp³-hybridized carbons (Fsp3) is 0.846. The summed E-state index contributed by atoms with van der Waals surface area (Å²) in [6, 6.07) is 0. The fourth-order valence-corrected chi connectivity index (χ4v) is 2.17. The number of carbonyl (C=O) groups excluding carboxylic acids is 1. The van der Waals surface area contributed by atoms with Gasteiger partial charge < -0.3 is 15.2 Å². The summed E-state index contributed by atoms with van der Waals surface area (Å²) in [6.45, 7) is 6.16. The third-order valence-electron chi connectivity index (χ3n) is 3.00. The molecule has 0 aromatic rings. The van der Waals surface area contributed by atoms with Gasteiger partial charge in [0.1, 0.15) is 5.60 Å². The second-order valence-electron chi connectivity index (χ2n) is 5.99.